The van der Waals surface area contributed by atoms with Crippen molar-refractivity contribution in [2.24, 2.45) is 0 Å². The summed E-state index contributed by atoms with van der Waals surface area (Å²) in [5, 5.41) is 1.66. The fourth-order valence-corrected chi connectivity index (χ4v) is 4.38. The molecule has 0 bridgehead atoms. The van der Waals surface area contributed by atoms with E-state index in [0.29, 0.717) is 4.48 Å². The molecule has 22 heavy (non-hydrogen) atoms. The molecule has 1 N–H and O–H groups in total. The van der Waals surface area contributed by atoms with E-state index >= 15 is 0 Å². The molecule has 4 heteroatoms. The quantitative estimate of drug-likeness (QED) is 0.569. The zero-order chi connectivity index (χ0) is 16.1. The molecule has 0 spiro atoms. The number of nitrogens with zero attached hydrogens (tertiary/aromatic N) is 1. The monoisotopic (exact) mass is 314 g/mol. The molecule has 0 saturated carbocycles. The molecule has 0 atom stereocenters. The van der Waals surface area contributed by atoms with Crippen molar-refractivity contribution in [2.75, 3.05) is 35.2 Å². The van der Waals surface area contributed by atoms with Crippen LogP contribution in [-0.2, 0) is 0 Å². The zero-order valence-electron chi connectivity index (χ0n) is 13.7. The van der Waals surface area contributed by atoms with Crippen molar-refractivity contribution in [1.29, 1.82) is 0 Å². The maximum Gasteiger partial charge on any atom is 0.196 e. The lowest BCUT2D eigenvalue weighted by Crippen LogP contribution is -3.00. The van der Waals surface area contributed by atoms with Crippen molar-refractivity contribution in [2.45, 2.75) is 0 Å². The van der Waals surface area contributed by atoms with Crippen LogP contribution in [-0.4, -0.2) is 35.2 Å². The van der Waals surface area contributed by atoms with E-state index in [1.807, 2.05) is 24.3 Å². The van der Waals surface area contributed by atoms with Crippen LogP contribution in [0.3, 0.4) is 0 Å². The summed E-state index contributed by atoms with van der Waals surface area (Å²) in [5.41, 5.74) is 2.50. The van der Waals surface area contributed by atoms with E-state index in [9.17, 15) is 4.79 Å². The van der Waals surface area contributed by atoms with E-state index in [0.717, 1.165) is 20.2 Å². The third kappa shape index (κ3) is 2.33. The Morgan fingerprint density at radius 3 is 2.09 bits per heavy atom. The second kappa shape index (κ2) is 5.16. The Morgan fingerprint density at radius 1 is 0.909 bits per heavy atom. The van der Waals surface area contributed by atoms with Gasteiger partial charge in [-0.25, -0.2) is 0 Å². The highest BCUT2D eigenvalue weighted by Gasteiger charge is 2.20. The highest BCUT2D eigenvalue weighted by molar-refractivity contribution is 7.25. The molecule has 114 valence electrons. The molecule has 0 amide bonds. The van der Waals surface area contributed by atoms with Gasteiger partial charge in [0.05, 0.1) is 44.6 Å². The summed E-state index contributed by atoms with van der Waals surface area (Å²) in [6.07, 6.45) is 0. The SMILES string of the molecule is C[NH+](C)c1cccc2c(=O)c3cccc([N+](C)(C)C)c3sc12. The van der Waals surface area contributed by atoms with Gasteiger partial charge in [0.25, 0.3) is 0 Å². The van der Waals surface area contributed by atoms with E-state index in [2.05, 4.69) is 47.4 Å². The molecule has 0 fully saturated rings. The predicted molar refractivity (Wildman–Crippen MR) is 97.6 cm³/mol. The molecule has 3 rings (SSSR count). The molecule has 0 aliphatic heterocycles. The maximum absolute atomic E-state index is 12.9. The fraction of sp³-hybridized carbons (Fsp3) is 0.278. The predicted octanol–water partition coefficient (Wildman–Crippen LogP) is 2.39. The van der Waals surface area contributed by atoms with Crippen LogP contribution in [0.1, 0.15) is 0 Å². The lowest BCUT2D eigenvalue weighted by atomic mass is 10.1. The Balaban J connectivity index is 2.55. The Bertz CT molecular complexity index is 920. The lowest BCUT2D eigenvalue weighted by Gasteiger charge is -2.24. The molecular weight excluding hydrogens is 292 g/mol. The zero-order valence-corrected chi connectivity index (χ0v) is 14.5. The van der Waals surface area contributed by atoms with Crippen LogP contribution in [0.4, 0.5) is 11.4 Å². The Morgan fingerprint density at radius 2 is 1.50 bits per heavy atom. The summed E-state index contributed by atoms with van der Waals surface area (Å²) in [5.74, 6) is 0. The number of benzene rings is 2. The first kappa shape index (κ1) is 15.2. The van der Waals surface area contributed by atoms with Crippen molar-refractivity contribution in [3.8, 4) is 0 Å². The molecule has 3 nitrogen and oxygen atoms in total. The first-order chi connectivity index (χ1) is 10.3. The van der Waals surface area contributed by atoms with E-state index in [1.54, 1.807) is 11.3 Å². The summed E-state index contributed by atoms with van der Waals surface area (Å²) in [6, 6.07) is 12.1. The minimum atomic E-state index is 0.141. The average molecular weight is 314 g/mol. The van der Waals surface area contributed by atoms with E-state index < -0.39 is 0 Å². The fourth-order valence-electron chi connectivity index (χ4n) is 2.81. The molecule has 0 radical (unpaired) electrons. The van der Waals surface area contributed by atoms with Gasteiger partial charge in [-0.05, 0) is 12.1 Å². The molecule has 2 aromatic carbocycles. The van der Waals surface area contributed by atoms with Gasteiger partial charge in [-0.15, -0.1) is 11.3 Å². The summed E-state index contributed by atoms with van der Waals surface area (Å²) >= 11 is 1.74. The highest BCUT2D eigenvalue weighted by atomic mass is 32.1. The van der Waals surface area contributed by atoms with Crippen molar-refractivity contribution >= 4 is 42.9 Å². The van der Waals surface area contributed by atoms with Gasteiger partial charge in [0, 0.05) is 22.9 Å². The van der Waals surface area contributed by atoms with Crippen LogP contribution < -0.4 is 14.8 Å². The second-order valence-corrected chi connectivity index (χ2v) is 7.80. The number of quaternary nitrogens is 2. The first-order valence-electron chi connectivity index (χ1n) is 7.42. The van der Waals surface area contributed by atoms with Gasteiger partial charge < -0.3 is 4.90 Å². The van der Waals surface area contributed by atoms with Gasteiger partial charge in [0.2, 0.25) is 0 Å². The van der Waals surface area contributed by atoms with Crippen LogP contribution in [0.5, 0.6) is 0 Å². The Kier molecular flexibility index (Phi) is 3.56. The van der Waals surface area contributed by atoms with Crippen molar-refractivity contribution in [3.05, 3.63) is 46.6 Å². The number of nitrogens with one attached hydrogen (secondary N) is 1. The first-order valence-corrected chi connectivity index (χ1v) is 8.23. The lowest BCUT2D eigenvalue weighted by molar-refractivity contribution is -0.785. The summed E-state index contributed by atoms with van der Waals surface area (Å²) in [7, 11) is 10.6. The minimum Gasteiger partial charge on any atom is -0.306 e. The van der Waals surface area contributed by atoms with Crippen LogP contribution in [0, 0.1) is 0 Å². The third-order valence-electron chi connectivity index (χ3n) is 3.96. The standard InChI is InChI=1S/C18H21N2OS/c1-19(2)14-10-6-8-12-16(21)13-9-7-11-15(20(3,4)5)18(13)22-17(12)14/h6-11H,1-5H3/q+1/p+1. The van der Waals surface area contributed by atoms with Gasteiger partial charge in [-0.2, -0.15) is 0 Å². The van der Waals surface area contributed by atoms with E-state index in [4.69, 9.17) is 0 Å². The van der Waals surface area contributed by atoms with Crippen molar-refractivity contribution < 1.29 is 4.90 Å². The number of hydrogen-bond donors (Lipinski definition) is 1. The highest BCUT2D eigenvalue weighted by Crippen LogP contribution is 2.35. The van der Waals surface area contributed by atoms with Crippen LogP contribution in [0.15, 0.2) is 41.2 Å². The molecule has 1 aromatic heterocycles. The van der Waals surface area contributed by atoms with Crippen LogP contribution in [0.25, 0.3) is 20.2 Å². The summed E-state index contributed by atoms with van der Waals surface area (Å²) < 4.78 is 2.90. The average Bonchev–Trinajstić information content (AvgIpc) is 2.45. The minimum absolute atomic E-state index is 0.141. The van der Waals surface area contributed by atoms with Gasteiger partial charge in [-0.1, -0.05) is 12.1 Å². The number of fused-ring (bicyclic) bond motifs is 2. The topological polar surface area (TPSA) is 21.5 Å². The number of rotatable bonds is 2. The molecule has 1 heterocycles. The summed E-state index contributed by atoms with van der Waals surface area (Å²) in [6.45, 7) is 0. The molecular formula is C18H22N2OS+2. The smallest absolute Gasteiger partial charge is 0.196 e. The Labute approximate surface area is 134 Å². The van der Waals surface area contributed by atoms with E-state index in [1.165, 1.54) is 16.3 Å². The van der Waals surface area contributed by atoms with Crippen LogP contribution in [0.2, 0.25) is 0 Å². The molecule has 0 saturated heterocycles. The normalized spacial score (nSPS) is 12.5. The molecule has 0 aliphatic rings. The molecule has 3 aromatic rings. The number of hydrogen-bond acceptors (Lipinski definition) is 2. The maximum atomic E-state index is 12.9. The van der Waals surface area contributed by atoms with Gasteiger partial charge in [-0.3, -0.25) is 9.28 Å². The molecule has 0 aliphatic carbocycles. The third-order valence-corrected chi connectivity index (χ3v) is 5.24. The summed E-state index contributed by atoms with van der Waals surface area (Å²) in [4.78, 5) is 14.2. The molecule has 0 unspecified atom stereocenters. The second-order valence-electron chi connectivity index (χ2n) is 6.78. The van der Waals surface area contributed by atoms with Gasteiger partial charge in [0.1, 0.15) is 11.4 Å². The van der Waals surface area contributed by atoms with Gasteiger partial charge in [0.15, 0.2) is 5.43 Å². The van der Waals surface area contributed by atoms with E-state index in [-0.39, 0.29) is 5.43 Å². The van der Waals surface area contributed by atoms with Crippen molar-refractivity contribution in [1.82, 2.24) is 4.48 Å². The van der Waals surface area contributed by atoms with Gasteiger partial charge >= 0.3 is 0 Å². The Hall–Kier alpha value is -1.75. The van der Waals surface area contributed by atoms with Crippen LogP contribution >= 0.6 is 11.3 Å². The largest absolute Gasteiger partial charge is 0.306 e. The van der Waals surface area contributed by atoms with Crippen molar-refractivity contribution in [3.63, 3.8) is 0 Å².